The van der Waals surface area contributed by atoms with Crippen LogP contribution >= 0.6 is 0 Å². The van der Waals surface area contributed by atoms with Crippen molar-refractivity contribution in [2.45, 2.75) is 57.7 Å². The highest BCUT2D eigenvalue weighted by molar-refractivity contribution is 5.75. The van der Waals surface area contributed by atoms with Crippen molar-refractivity contribution in [3.05, 3.63) is 0 Å². The fourth-order valence-corrected chi connectivity index (χ4v) is 2.18. The molecule has 1 saturated heterocycles. The molecule has 0 saturated carbocycles. The smallest absolute Gasteiger partial charge is 0.222 e. The number of nitrogens with one attached hydrogen (secondary N) is 2. The van der Waals surface area contributed by atoms with Gasteiger partial charge in [-0.15, -0.1) is 0 Å². The summed E-state index contributed by atoms with van der Waals surface area (Å²) in [7, 11) is 1.65. The maximum atomic E-state index is 11.0. The molecule has 4 heteroatoms. The minimum atomic E-state index is 0.0465. The summed E-state index contributed by atoms with van der Waals surface area (Å²) >= 11 is 0. The molecule has 3 unspecified atom stereocenters. The number of hydrogen-bond acceptors (Lipinski definition) is 3. The van der Waals surface area contributed by atoms with Gasteiger partial charge >= 0.3 is 0 Å². The van der Waals surface area contributed by atoms with E-state index in [1.807, 2.05) is 0 Å². The summed E-state index contributed by atoms with van der Waals surface area (Å²) < 4.78 is 5.78. The minimum Gasteiger partial charge on any atom is -0.376 e. The van der Waals surface area contributed by atoms with Crippen molar-refractivity contribution in [2.24, 2.45) is 0 Å². The molecule has 3 atom stereocenters. The first kappa shape index (κ1) is 13.5. The highest BCUT2D eigenvalue weighted by Crippen LogP contribution is 2.18. The van der Waals surface area contributed by atoms with Crippen molar-refractivity contribution >= 4 is 5.91 Å². The Morgan fingerprint density at radius 3 is 2.88 bits per heavy atom. The van der Waals surface area contributed by atoms with Crippen LogP contribution in [0.5, 0.6) is 0 Å². The van der Waals surface area contributed by atoms with E-state index in [9.17, 15) is 4.79 Å². The maximum Gasteiger partial charge on any atom is 0.222 e. The SMILES string of the molecule is CCC1NC(C)CCC1OCCC(=O)NC. The summed E-state index contributed by atoms with van der Waals surface area (Å²) in [6.07, 6.45) is 4.06. The molecular weight excluding hydrogens is 204 g/mol. The van der Waals surface area contributed by atoms with Gasteiger partial charge in [-0.3, -0.25) is 4.79 Å². The summed E-state index contributed by atoms with van der Waals surface area (Å²) in [4.78, 5) is 11.0. The van der Waals surface area contributed by atoms with E-state index in [-0.39, 0.29) is 12.0 Å². The van der Waals surface area contributed by atoms with Crippen LogP contribution in [-0.2, 0) is 9.53 Å². The van der Waals surface area contributed by atoms with E-state index in [1.54, 1.807) is 7.05 Å². The van der Waals surface area contributed by atoms with Crippen LogP contribution in [0.3, 0.4) is 0 Å². The summed E-state index contributed by atoms with van der Waals surface area (Å²) in [5.74, 6) is 0.0465. The molecule has 1 fully saturated rings. The van der Waals surface area contributed by atoms with E-state index in [2.05, 4.69) is 24.5 Å². The van der Waals surface area contributed by atoms with E-state index < -0.39 is 0 Å². The van der Waals surface area contributed by atoms with Crippen molar-refractivity contribution < 1.29 is 9.53 Å². The highest BCUT2D eigenvalue weighted by atomic mass is 16.5. The summed E-state index contributed by atoms with van der Waals surface area (Å²) in [6, 6.07) is 1.03. The number of carbonyl (C=O) groups excluding carboxylic acids is 1. The maximum absolute atomic E-state index is 11.0. The van der Waals surface area contributed by atoms with Gasteiger partial charge in [0, 0.05) is 25.6 Å². The zero-order chi connectivity index (χ0) is 12.0. The Morgan fingerprint density at radius 1 is 1.50 bits per heavy atom. The van der Waals surface area contributed by atoms with Gasteiger partial charge in [-0.05, 0) is 26.2 Å². The molecule has 0 radical (unpaired) electrons. The average Bonchev–Trinajstić information content (AvgIpc) is 2.30. The Hall–Kier alpha value is -0.610. The lowest BCUT2D eigenvalue weighted by atomic mass is 9.95. The predicted octanol–water partition coefficient (Wildman–Crippen LogP) is 1.06. The first-order valence-corrected chi connectivity index (χ1v) is 6.25. The molecule has 0 spiro atoms. The second-order valence-corrected chi connectivity index (χ2v) is 4.49. The molecule has 1 rings (SSSR count). The molecule has 0 aromatic heterocycles. The van der Waals surface area contributed by atoms with E-state index in [0.29, 0.717) is 25.1 Å². The standard InChI is InChI=1S/C12H24N2O2/c1-4-10-11(6-5-9(2)14-10)16-8-7-12(15)13-3/h9-11,14H,4-8H2,1-3H3,(H,13,15). The molecule has 0 aliphatic carbocycles. The third kappa shape index (κ3) is 4.10. The van der Waals surface area contributed by atoms with Gasteiger partial charge in [-0.25, -0.2) is 0 Å². The summed E-state index contributed by atoms with van der Waals surface area (Å²) in [5, 5.41) is 6.14. The van der Waals surface area contributed by atoms with Gasteiger partial charge in [0.2, 0.25) is 5.91 Å². The lowest BCUT2D eigenvalue weighted by Crippen LogP contribution is -2.50. The molecule has 1 heterocycles. The molecule has 2 N–H and O–H groups in total. The highest BCUT2D eigenvalue weighted by Gasteiger charge is 2.27. The van der Waals surface area contributed by atoms with Crippen LogP contribution in [-0.4, -0.2) is 37.7 Å². The Balaban J connectivity index is 2.26. The molecule has 4 nitrogen and oxygen atoms in total. The molecule has 1 aliphatic rings. The quantitative estimate of drug-likeness (QED) is 0.739. The van der Waals surface area contributed by atoms with Crippen LogP contribution in [0, 0.1) is 0 Å². The van der Waals surface area contributed by atoms with Gasteiger partial charge in [-0.1, -0.05) is 6.92 Å². The van der Waals surface area contributed by atoms with Crippen molar-refractivity contribution in [3.63, 3.8) is 0 Å². The average molecular weight is 228 g/mol. The number of ether oxygens (including phenoxy) is 1. The molecule has 0 bridgehead atoms. The van der Waals surface area contributed by atoms with Crippen molar-refractivity contribution in [2.75, 3.05) is 13.7 Å². The molecule has 94 valence electrons. The third-order valence-corrected chi connectivity index (χ3v) is 3.21. The van der Waals surface area contributed by atoms with Crippen LogP contribution in [0.1, 0.15) is 39.5 Å². The van der Waals surface area contributed by atoms with Crippen LogP contribution in [0.25, 0.3) is 0 Å². The predicted molar refractivity (Wildman–Crippen MR) is 64.3 cm³/mol. The molecule has 1 amide bonds. The number of piperidine rings is 1. The van der Waals surface area contributed by atoms with Crippen LogP contribution in [0.2, 0.25) is 0 Å². The lowest BCUT2D eigenvalue weighted by molar-refractivity contribution is -0.122. The Kier molecular flexibility index (Phi) is 5.77. The van der Waals surface area contributed by atoms with Crippen molar-refractivity contribution in [1.82, 2.24) is 10.6 Å². The van der Waals surface area contributed by atoms with E-state index in [1.165, 1.54) is 0 Å². The van der Waals surface area contributed by atoms with Gasteiger partial charge in [-0.2, -0.15) is 0 Å². The van der Waals surface area contributed by atoms with E-state index in [0.717, 1.165) is 19.3 Å². The molecule has 1 aliphatic heterocycles. The number of rotatable bonds is 5. The zero-order valence-corrected chi connectivity index (χ0v) is 10.6. The Bertz CT molecular complexity index is 221. The van der Waals surface area contributed by atoms with Crippen molar-refractivity contribution in [3.8, 4) is 0 Å². The van der Waals surface area contributed by atoms with E-state index in [4.69, 9.17) is 4.74 Å². The third-order valence-electron chi connectivity index (χ3n) is 3.21. The van der Waals surface area contributed by atoms with Crippen LogP contribution in [0.15, 0.2) is 0 Å². The van der Waals surface area contributed by atoms with Crippen molar-refractivity contribution in [1.29, 1.82) is 0 Å². The molecular formula is C12H24N2O2. The number of carbonyl (C=O) groups is 1. The number of hydrogen-bond donors (Lipinski definition) is 2. The van der Waals surface area contributed by atoms with Gasteiger partial charge in [0.05, 0.1) is 12.7 Å². The molecule has 0 aromatic rings. The molecule has 16 heavy (non-hydrogen) atoms. The summed E-state index contributed by atoms with van der Waals surface area (Å²) in [6.45, 7) is 4.91. The summed E-state index contributed by atoms with van der Waals surface area (Å²) in [5.41, 5.74) is 0. The minimum absolute atomic E-state index is 0.0465. The second-order valence-electron chi connectivity index (χ2n) is 4.49. The molecule has 0 aromatic carbocycles. The Labute approximate surface area is 98.1 Å². The van der Waals surface area contributed by atoms with Gasteiger partial charge < -0.3 is 15.4 Å². The lowest BCUT2D eigenvalue weighted by Gasteiger charge is -2.35. The van der Waals surface area contributed by atoms with E-state index >= 15 is 0 Å². The van der Waals surface area contributed by atoms with Gasteiger partial charge in [0.25, 0.3) is 0 Å². The number of amides is 1. The first-order valence-electron chi connectivity index (χ1n) is 6.25. The Morgan fingerprint density at radius 2 is 2.25 bits per heavy atom. The normalized spacial score (nSPS) is 30.1. The fraction of sp³-hybridized carbons (Fsp3) is 0.917. The topological polar surface area (TPSA) is 50.4 Å². The van der Waals surface area contributed by atoms with Crippen LogP contribution < -0.4 is 10.6 Å². The monoisotopic (exact) mass is 228 g/mol. The fourth-order valence-electron chi connectivity index (χ4n) is 2.18. The van der Waals surface area contributed by atoms with Gasteiger partial charge in [0.1, 0.15) is 0 Å². The first-order chi connectivity index (χ1) is 7.67. The largest absolute Gasteiger partial charge is 0.376 e. The van der Waals surface area contributed by atoms with Crippen LogP contribution in [0.4, 0.5) is 0 Å². The zero-order valence-electron chi connectivity index (χ0n) is 10.6. The van der Waals surface area contributed by atoms with Gasteiger partial charge in [0.15, 0.2) is 0 Å². The second kappa shape index (κ2) is 6.86.